The lowest BCUT2D eigenvalue weighted by Gasteiger charge is -2.06. The molecule has 0 aliphatic rings. The molecule has 17 heavy (non-hydrogen) atoms. The van der Waals surface area contributed by atoms with Gasteiger partial charge >= 0.3 is 0 Å². The normalized spacial score (nSPS) is 12.4. The Hall–Kier alpha value is -2.04. The van der Waals surface area contributed by atoms with Gasteiger partial charge < -0.3 is 14.8 Å². The third-order valence-corrected chi connectivity index (χ3v) is 1.98. The summed E-state index contributed by atoms with van der Waals surface area (Å²) in [4.78, 5) is 9.73. The molecule has 0 unspecified atom stereocenters. The molecule has 0 saturated carbocycles. The molecule has 92 valence electrons. The summed E-state index contributed by atoms with van der Waals surface area (Å²) >= 11 is 0. The van der Waals surface area contributed by atoms with Crippen molar-refractivity contribution in [3.8, 4) is 5.75 Å². The molecular formula is C12H16N2O3. The van der Waals surface area contributed by atoms with Crippen molar-refractivity contribution in [2.45, 2.75) is 13.8 Å². The zero-order chi connectivity index (χ0) is 12.7. The summed E-state index contributed by atoms with van der Waals surface area (Å²) in [6.07, 6.45) is 0. The highest BCUT2D eigenvalue weighted by Gasteiger charge is 2.10. The highest BCUT2D eigenvalue weighted by Crippen LogP contribution is 2.13. The summed E-state index contributed by atoms with van der Waals surface area (Å²) in [6.45, 7) is 4.06. The van der Waals surface area contributed by atoms with E-state index in [9.17, 15) is 5.11 Å². The number of phenolic OH excluding ortho intramolecular Hbond substituents is 1. The zero-order valence-corrected chi connectivity index (χ0v) is 10.2. The van der Waals surface area contributed by atoms with Gasteiger partial charge in [-0.25, -0.2) is 0 Å². The van der Waals surface area contributed by atoms with E-state index in [4.69, 9.17) is 9.68 Å². The van der Waals surface area contributed by atoms with E-state index in [1.165, 1.54) is 7.11 Å². The van der Waals surface area contributed by atoms with E-state index in [1.54, 1.807) is 25.1 Å². The summed E-state index contributed by atoms with van der Waals surface area (Å²) in [5.74, 6) is 0.164. The van der Waals surface area contributed by atoms with E-state index in [1.807, 2.05) is 13.0 Å². The molecule has 1 N–H and O–H groups in total. The van der Waals surface area contributed by atoms with Gasteiger partial charge in [0.25, 0.3) is 0 Å². The van der Waals surface area contributed by atoms with Crippen molar-refractivity contribution in [3.63, 3.8) is 0 Å². The number of nitrogens with zero attached hydrogens (tertiary/aromatic N) is 2. The predicted octanol–water partition coefficient (Wildman–Crippen LogP) is 2.16. The monoisotopic (exact) mass is 236 g/mol. The molecule has 0 amide bonds. The molecule has 1 aromatic rings. The van der Waals surface area contributed by atoms with Gasteiger partial charge in [0.1, 0.15) is 30.9 Å². The van der Waals surface area contributed by atoms with Crippen LogP contribution in [0.15, 0.2) is 34.6 Å². The number of oxime groups is 2. The van der Waals surface area contributed by atoms with E-state index < -0.39 is 0 Å². The first kappa shape index (κ1) is 13.0. The topological polar surface area (TPSA) is 63.4 Å². The number of hydrogen-bond acceptors (Lipinski definition) is 5. The van der Waals surface area contributed by atoms with Gasteiger partial charge in [0.15, 0.2) is 0 Å². The molecule has 0 aromatic heterocycles. The molecule has 0 fully saturated rings. The van der Waals surface area contributed by atoms with Gasteiger partial charge in [-0.1, -0.05) is 22.4 Å². The maximum absolute atomic E-state index is 9.43. The number of phenols is 1. The summed E-state index contributed by atoms with van der Waals surface area (Å²) in [5.41, 5.74) is 1.83. The summed E-state index contributed by atoms with van der Waals surface area (Å²) in [5, 5.41) is 17.2. The van der Waals surface area contributed by atoms with Crippen LogP contribution in [0.3, 0.4) is 0 Å². The third kappa shape index (κ3) is 3.79. The summed E-state index contributed by atoms with van der Waals surface area (Å²) in [7, 11) is 1.46. The van der Waals surface area contributed by atoms with E-state index >= 15 is 0 Å². The van der Waals surface area contributed by atoms with Gasteiger partial charge in [-0.15, -0.1) is 0 Å². The minimum Gasteiger partial charge on any atom is -0.508 e. The lowest BCUT2D eigenvalue weighted by molar-refractivity contribution is 0.159. The van der Waals surface area contributed by atoms with Crippen LogP contribution in [0.25, 0.3) is 0 Å². The van der Waals surface area contributed by atoms with Gasteiger partial charge in [-0.05, 0) is 26.0 Å². The lowest BCUT2D eigenvalue weighted by atomic mass is 10.1. The predicted molar refractivity (Wildman–Crippen MR) is 66.4 cm³/mol. The van der Waals surface area contributed by atoms with Crippen molar-refractivity contribution in [1.29, 1.82) is 0 Å². The van der Waals surface area contributed by atoms with Gasteiger partial charge in [-0.2, -0.15) is 0 Å². The first-order valence-corrected chi connectivity index (χ1v) is 5.26. The zero-order valence-electron chi connectivity index (χ0n) is 10.2. The van der Waals surface area contributed by atoms with Crippen molar-refractivity contribution in [2.75, 3.05) is 13.7 Å². The second-order valence-electron chi connectivity index (χ2n) is 3.27. The fourth-order valence-electron chi connectivity index (χ4n) is 1.29. The van der Waals surface area contributed by atoms with Gasteiger partial charge in [0.05, 0.1) is 0 Å². The van der Waals surface area contributed by atoms with Crippen molar-refractivity contribution >= 4 is 11.4 Å². The Morgan fingerprint density at radius 3 is 2.71 bits per heavy atom. The van der Waals surface area contributed by atoms with Crippen molar-refractivity contribution in [1.82, 2.24) is 0 Å². The average molecular weight is 236 g/mol. The molecule has 0 aliphatic heterocycles. The van der Waals surface area contributed by atoms with Gasteiger partial charge in [0.2, 0.25) is 0 Å². The third-order valence-electron chi connectivity index (χ3n) is 1.98. The lowest BCUT2D eigenvalue weighted by Crippen LogP contribution is -2.13. The molecule has 0 saturated heterocycles. The van der Waals surface area contributed by atoms with E-state index in [0.29, 0.717) is 18.0 Å². The summed E-state index contributed by atoms with van der Waals surface area (Å²) < 4.78 is 0. The number of benzene rings is 1. The Balaban J connectivity index is 3.11. The maximum Gasteiger partial charge on any atom is 0.134 e. The Labute approximate surface area is 100 Å². The molecule has 0 spiro atoms. The maximum atomic E-state index is 9.43. The highest BCUT2D eigenvalue weighted by molar-refractivity contribution is 6.47. The van der Waals surface area contributed by atoms with E-state index in [0.717, 1.165) is 5.56 Å². The minimum absolute atomic E-state index is 0.164. The quantitative estimate of drug-likeness (QED) is 0.629. The fraction of sp³-hybridized carbons (Fsp3) is 0.333. The van der Waals surface area contributed by atoms with Crippen molar-refractivity contribution < 1.29 is 14.8 Å². The first-order valence-electron chi connectivity index (χ1n) is 5.26. The molecule has 0 aliphatic carbocycles. The van der Waals surface area contributed by atoms with Crippen LogP contribution in [0.2, 0.25) is 0 Å². The average Bonchev–Trinajstić information content (AvgIpc) is 2.30. The molecule has 5 heteroatoms. The number of rotatable bonds is 5. The first-order chi connectivity index (χ1) is 8.19. The fourth-order valence-corrected chi connectivity index (χ4v) is 1.29. The van der Waals surface area contributed by atoms with Crippen LogP contribution in [-0.4, -0.2) is 30.2 Å². The Morgan fingerprint density at radius 2 is 2.12 bits per heavy atom. The Morgan fingerprint density at radius 1 is 1.35 bits per heavy atom. The number of aromatic hydroxyl groups is 1. The molecule has 1 aromatic carbocycles. The minimum atomic E-state index is 0.164. The standard InChI is InChI=1S/C12H16N2O3/c1-4-17-14-12(9(2)13-16-3)10-6-5-7-11(15)8-10/h5-8,15H,4H2,1-3H3. The van der Waals surface area contributed by atoms with Crippen LogP contribution < -0.4 is 0 Å². The van der Waals surface area contributed by atoms with Crippen molar-refractivity contribution in [3.05, 3.63) is 29.8 Å². The van der Waals surface area contributed by atoms with Crippen LogP contribution in [0.4, 0.5) is 0 Å². The van der Waals surface area contributed by atoms with Crippen LogP contribution >= 0.6 is 0 Å². The molecular weight excluding hydrogens is 220 g/mol. The molecule has 1 rings (SSSR count). The van der Waals surface area contributed by atoms with Gasteiger partial charge in [0, 0.05) is 5.56 Å². The Kier molecular flexibility index (Phi) is 5.00. The van der Waals surface area contributed by atoms with Crippen LogP contribution in [0.5, 0.6) is 5.75 Å². The van der Waals surface area contributed by atoms with Crippen LogP contribution in [0, 0.1) is 0 Å². The molecule has 0 radical (unpaired) electrons. The number of hydrogen-bond donors (Lipinski definition) is 1. The van der Waals surface area contributed by atoms with Crippen LogP contribution in [0.1, 0.15) is 19.4 Å². The largest absolute Gasteiger partial charge is 0.508 e. The second-order valence-corrected chi connectivity index (χ2v) is 3.27. The van der Waals surface area contributed by atoms with Crippen molar-refractivity contribution in [2.24, 2.45) is 10.3 Å². The smallest absolute Gasteiger partial charge is 0.134 e. The van der Waals surface area contributed by atoms with Gasteiger partial charge in [-0.3, -0.25) is 0 Å². The molecule has 0 atom stereocenters. The van der Waals surface area contributed by atoms with Crippen LogP contribution in [-0.2, 0) is 9.68 Å². The molecule has 0 bridgehead atoms. The Bertz CT molecular complexity index is 428. The second kappa shape index (κ2) is 6.52. The highest BCUT2D eigenvalue weighted by atomic mass is 16.6. The van der Waals surface area contributed by atoms with E-state index in [2.05, 4.69) is 10.3 Å². The summed E-state index contributed by atoms with van der Waals surface area (Å²) in [6, 6.07) is 6.72. The van der Waals surface area contributed by atoms with E-state index in [-0.39, 0.29) is 5.75 Å². The SMILES string of the molecule is CCON=C(C(C)=NOC)c1cccc(O)c1. The molecule has 5 nitrogen and oxygen atoms in total. The molecule has 0 heterocycles.